The summed E-state index contributed by atoms with van der Waals surface area (Å²) < 4.78 is 7.47. The number of thiazole rings is 1. The number of thioether (sulfide) groups is 1. The lowest BCUT2D eigenvalue weighted by Crippen LogP contribution is -2.30. The third-order valence-corrected chi connectivity index (χ3v) is 6.83. The van der Waals surface area contributed by atoms with Crippen LogP contribution in [0.2, 0.25) is 5.02 Å². The maximum absolute atomic E-state index is 12.5. The Labute approximate surface area is 193 Å². The number of carbonyl (C=O) groups is 1. The molecule has 7 nitrogen and oxygen atoms in total. The van der Waals surface area contributed by atoms with E-state index in [-0.39, 0.29) is 5.91 Å². The second kappa shape index (κ2) is 9.67. The van der Waals surface area contributed by atoms with E-state index in [1.165, 1.54) is 23.1 Å². The van der Waals surface area contributed by atoms with Crippen LogP contribution in [0, 0.1) is 0 Å². The van der Waals surface area contributed by atoms with Gasteiger partial charge in [0.05, 0.1) is 12.0 Å². The van der Waals surface area contributed by atoms with E-state index in [9.17, 15) is 4.79 Å². The highest BCUT2D eigenvalue weighted by Gasteiger charge is 2.20. The van der Waals surface area contributed by atoms with E-state index in [0.717, 1.165) is 10.7 Å². The monoisotopic (exact) mass is 473 g/mol. The van der Waals surface area contributed by atoms with E-state index in [1.807, 2.05) is 60.2 Å². The Kier molecular flexibility index (Phi) is 6.74. The quantitative estimate of drug-likeness (QED) is 0.318. The Morgan fingerprint density at radius 1 is 1.19 bits per heavy atom. The summed E-state index contributed by atoms with van der Waals surface area (Å²) in [5.41, 5.74) is 1.36. The molecular weight excluding hydrogens is 454 g/mol. The van der Waals surface area contributed by atoms with Crippen molar-refractivity contribution in [3.8, 4) is 17.3 Å². The highest BCUT2D eigenvalue weighted by atomic mass is 35.5. The van der Waals surface area contributed by atoms with Gasteiger partial charge < -0.3 is 9.32 Å². The molecule has 0 N–H and O–H groups in total. The fourth-order valence-corrected chi connectivity index (χ4v) is 4.89. The second-order valence-corrected chi connectivity index (χ2v) is 8.81. The molecule has 4 aromatic rings. The predicted octanol–water partition coefficient (Wildman–Crippen LogP) is 5.41. The first kappa shape index (κ1) is 21.6. The van der Waals surface area contributed by atoms with Gasteiger partial charge in [0.2, 0.25) is 5.82 Å². The van der Waals surface area contributed by atoms with Crippen LogP contribution in [0.1, 0.15) is 29.3 Å². The van der Waals surface area contributed by atoms with Crippen LogP contribution in [-0.2, 0) is 5.75 Å². The first-order chi connectivity index (χ1) is 15.1. The molecule has 3 aromatic heterocycles. The zero-order valence-corrected chi connectivity index (χ0v) is 19.4. The van der Waals surface area contributed by atoms with Crippen LogP contribution >= 0.6 is 34.7 Å². The highest BCUT2D eigenvalue weighted by molar-refractivity contribution is 7.98. The van der Waals surface area contributed by atoms with Gasteiger partial charge in [0.25, 0.3) is 5.91 Å². The van der Waals surface area contributed by atoms with Crippen LogP contribution in [-0.4, -0.2) is 43.6 Å². The summed E-state index contributed by atoms with van der Waals surface area (Å²) >= 11 is 9.03. The maximum atomic E-state index is 12.5. The molecule has 0 bridgehead atoms. The number of benzene rings is 1. The Bertz CT molecular complexity index is 1150. The van der Waals surface area contributed by atoms with Crippen molar-refractivity contribution in [1.82, 2.24) is 24.6 Å². The Morgan fingerprint density at radius 3 is 2.65 bits per heavy atom. The van der Waals surface area contributed by atoms with Gasteiger partial charge in [0.1, 0.15) is 10.7 Å². The minimum atomic E-state index is -0.0399. The molecule has 10 heteroatoms. The van der Waals surface area contributed by atoms with Crippen molar-refractivity contribution in [2.45, 2.75) is 24.8 Å². The molecule has 0 aliphatic heterocycles. The molecule has 0 saturated heterocycles. The summed E-state index contributed by atoms with van der Waals surface area (Å²) in [5.74, 6) is 1.75. The maximum Gasteiger partial charge on any atom is 0.273 e. The number of rotatable bonds is 8. The average Bonchev–Trinajstić information content (AvgIpc) is 3.53. The van der Waals surface area contributed by atoms with E-state index < -0.39 is 0 Å². The van der Waals surface area contributed by atoms with Gasteiger partial charge >= 0.3 is 0 Å². The van der Waals surface area contributed by atoms with E-state index in [2.05, 4.69) is 15.2 Å². The number of nitrogens with zero attached hydrogens (tertiary/aromatic N) is 5. The Balaban J connectivity index is 1.58. The molecule has 31 heavy (non-hydrogen) atoms. The Hall–Kier alpha value is -2.62. The number of carbonyl (C=O) groups excluding carboxylic acids is 1. The lowest BCUT2D eigenvalue weighted by Gasteiger charge is -2.16. The number of furan rings is 1. The SMILES string of the molecule is CCN(CC)C(=O)c1csc(CSc2nnc(-c3ccco3)n2-c2ccc(Cl)cc2)n1. The largest absolute Gasteiger partial charge is 0.461 e. The van der Waals surface area contributed by atoms with Gasteiger partial charge in [-0.1, -0.05) is 23.4 Å². The van der Waals surface area contributed by atoms with Gasteiger partial charge in [-0.25, -0.2) is 4.98 Å². The molecule has 0 fully saturated rings. The van der Waals surface area contributed by atoms with E-state index in [1.54, 1.807) is 11.2 Å². The molecule has 0 aliphatic rings. The number of aromatic nitrogens is 4. The van der Waals surface area contributed by atoms with E-state index >= 15 is 0 Å². The lowest BCUT2D eigenvalue weighted by molar-refractivity contribution is 0.0768. The van der Waals surface area contributed by atoms with Crippen LogP contribution in [0.25, 0.3) is 17.3 Å². The van der Waals surface area contributed by atoms with Crippen LogP contribution in [0.3, 0.4) is 0 Å². The van der Waals surface area contributed by atoms with E-state index in [0.29, 0.717) is 46.3 Å². The molecular formula is C21H20ClN5O2S2. The van der Waals surface area contributed by atoms with Crippen LogP contribution < -0.4 is 0 Å². The topological polar surface area (TPSA) is 77.0 Å². The minimum absolute atomic E-state index is 0.0399. The second-order valence-electron chi connectivity index (χ2n) is 6.49. The number of amides is 1. The first-order valence-electron chi connectivity index (χ1n) is 9.72. The summed E-state index contributed by atoms with van der Waals surface area (Å²) in [6, 6.07) is 11.1. The smallest absolute Gasteiger partial charge is 0.273 e. The molecule has 0 saturated carbocycles. The van der Waals surface area contributed by atoms with Crippen molar-refractivity contribution in [3.05, 3.63) is 63.8 Å². The van der Waals surface area contributed by atoms with Crippen LogP contribution in [0.4, 0.5) is 0 Å². The van der Waals surface area contributed by atoms with Crippen molar-refractivity contribution < 1.29 is 9.21 Å². The number of hydrogen-bond donors (Lipinski definition) is 0. The molecule has 0 unspecified atom stereocenters. The summed E-state index contributed by atoms with van der Waals surface area (Å²) in [5, 5.41) is 12.7. The van der Waals surface area contributed by atoms with Crippen molar-refractivity contribution in [1.29, 1.82) is 0 Å². The zero-order chi connectivity index (χ0) is 21.8. The fraction of sp³-hybridized carbons (Fsp3) is 0.238. The third-order valence-electron chi connectivity index (χ3n) is 4.61. The lowest BCUT2D eigenvalue weighted by atomic mass is 10.3. The molecule has 0 spiro atoms. The summed E-state index contributed by atoms with van der Waals surface area (Å²) in [4.78, 5) is 18.8. The third kappa shape index (κ3) is 4.68. The van der Waals surface area contributed by atoms with Gasteiger partial charge in [-0.2, -0.15) is 0 Å². The molecule has 4 rings (SSSR count). The zero-order valence-electron chi connectivity index (χ0n) is 17.0. The number of hydrogen-bond acceptors (Lipinski definition) is 7. The predicted molar refractivity (Wildman–Crippen MR) is 123 cm³/mol. The van der Waals surface area contributed by atoms with E-state index in [4.69, 9.17) is 16.0 Å². The van der Waals surface area contributed by atoms with Crippen molar-refractivity contribution in [3.63, 3.8) is 0 Å². The number of halogens is 1. The van der Waals surface area contributed by atoms with Crippen molar-refractivity contribution in [2.24, 2.45) is 0 Å². The molecule has 160 valence electrons. The van der Waals surface area contributed by atoms with Gasteiger partial charge in [0.15, 0.2) is 10.9 Å². The molecule has 1 aromatic carbocycles. The molecule has 0 aliphatic carbocycles. The molecule has 1 amide bonds. The fourth-order valence-electron chi connectivity index (χ4n) is 3.03. The Morgan fingerprint density at radius 2 is 1.97 bits per heavy atom. The minimum Gasteiger partial charge on any atom is -0.461 e. The summed E-state index contributed by atoms with van der Waals surface area (Å²) in [7, 11) is 0. The van der Waals surface area contributed by atoms with Crippen LogP contribution in [0.5, 0.6) is 0 Å². The normalized spacial score (nSPS) is 11.1. The highest BCUT2D eigenvalue weighted by Crippen LogP contribution is 2.31. The van der Waals surface area contributed by atoms with Gasteiger partial charge in [-0.05, 0) is 50.2 Å². The summed E-state index contributed by atoms with van der Waals surface area (Å²) in [6.07, 6.45) is 1.60. The molecule has 0 atom stereocenters. The van der Waals surface area contributed by atoms with Gasteiger partial charge in [0, 0.05) is 29.2 Å². The standard InChI is InChI=1S/C21H20ClN5O2S2/c1-3-26(4-2)20(28)16-12-30-18(23-16)13-31-21-25-24-19(17-6-5-11-29-17)27(21)15-9-7-14(22)8-10-15/h5-12H,3-4,13H2,1-2H3. The first-order valence-corrected chi connectivity index (χ1v) is 12.0. The summed E-state index contributed by atoms with van der Waals surface area (Å²) in [6.45, 7) is 5.25. The molecule has 0 radical (unpaired) electrons. The average molecular weight is 474 g/mol. The van der Waals surface area contributed by atoms with Crippen LogP contribution in [0.15, 0.2) is 57.6 Å². The van der Waals surface area contributed by atoms with Crippen molar-refractivity contribution in [2.75, 3.05) is 13.1 Å². The van der Waals surface area contributed by atoms with Gasteiger partial charge in [-0.15, -0.1) is 21.5 Å². The van der Waals surface area contributed by atoms with Crippen molar-refractivity contribution >= 4 is 40.6 Å². The van der Waals surface area contributed by atoms with Gasteiger partial charge in [-0.3, -0.25) is 9.36 Å². The molecule has 3 heterocycles.